The highest BCUT2D eigenvalue weighted by atomic mass is 16.4. The van der Waals surface area contributed by atoms with E-state index in [9.17, 15) is 14.7 Å². The van der Waals surface area contributed by atoms with Crippen molar-refractivity contribution < 1.29 is 9.90 Å². The monoisotopic (exact) mass is 415 g/mol. The summed E-state index contributed by atoms with van der Waals surface area (Å²) in [6, 6.07) is 13.0. The molecule has 1 atom stereocenters. The second-order valence-corrected chi connectivity index (χ2v) is 7.80. The molecule has 3 aromatic heterocycles. The molecule has 4 heterocycles. The minimum absolute atomic E-state index is 0.272. The van der Waals surface area contributed by atoms with Gasteiger partial charge in [-0.2, -0.15) is 5.10 Å². The number of pyridine rings is 1. The molecule has 31 heavy (non-hydrogen) atoms. The van der Waals surface area contributed by atoms with E-state index in [1.165, 1.54) is 0 Å². The molecule has 1 aliphatic rings. The van der Waals surface area contributed by atoms with Crippen LogP contribution in [0.1, 0.15) is 18.4 Å². The van der Waals surface area contributed by atoms with E-state index in [4.69, 9.17) is 0 Å². The van der Waals surface area contributed by atoms with Gasteiger partial charge in [0, 0.05) is 35.4 Å². The summed E-state index contributed by atoms with van der Waals surface area (Å²) in [5.74, 6) is -0.761. The Hall–Kier alpha value is -3.78. The Kier molecular flexibility index (Phi) is 4.83. The molecule has 0 aliphatic carbocycles. The zero-order valence-corrected chi connectivity index (χ0v) is 16.7. The van der Waals surface area contributed by atoms with Crippen molar-refractivity contribution in [3.05, 3.63) is 70.8 Å². The van der Waals surface area contributed by atoms with Crippen molar-refractivity contribution in [2.45, 2.75) is 25.4 Å². The minimum Gasteiger partial charge on any atom is -0.480 e. The van der Waals surface area contributed by atoms with Crippen molar-refractivity contribution in [3.8, 4) is 22.5 Å². The molecule has 3 N–H and O–H groups in total. The summed E-state index contributed by atoms with van der Waals surface area (Å²) in [5.41, 5.74) is 4.40. The number of nitrogens with zero attached hydrogens (tertiary/aromatic N) is 3. The van der Waals surface area contributed by atoms with Gasteiger partial charge in [0.2, 0.25) is 0 Å². The summed E-state index contributed by atoms with van der Waals surface area (Å²) in [5, 5.41) is 17.1. The molecule has 1 aliphatic heterocycles. The highest BCUT2D eigenvalue weighted by Gasteiger charge is 2.30. The number of likely N-dealkylation sites (tertiary alicyclic amines) is 1. The number of rotatable bonds is 5. The summed E-state index contributed by atoms with van der Waals surface area (Å²) in [6.45, 7) is 1.37. The predicted molar refractivity (Wildman–Crippen MR) is 116 cm³/mol. The Morgan fingerprint density at radius 1 is 1.16 bits per heavy atom. The Balaban J connectivity index is 1.47. The lowest BCUT2D eigenvalue weighted by Gasteiger charge is -2.20. The molecule has 156 valence electrons. The van der Waals surface area contributed by atoms with Crippen LogP contribution in [0.2, 0.25) is 0 Å². The second kappa shape index (κ2) is 7.81. The molecule has 0 amide bonds. The summed E-state index contributed by atoms with van der Waals surface area (Å²) < 4.78 is 0. The number of carbonyl (C=O) groups is 1. The Labute approximate surface area is 177 Å². The van der Waals surface area contributed by atoms with Gasteiger partial charge in [0.05, 0.1) is 17.0 Å². The van der Waals surface area contributed by atoms with Crippen LogP contribution < -0.4 is 5.56 Å². The van der Waals surface area contributed by atoms with Gasteiger partial charge in [-0.05, 0) is 55.3 Å². The number of carboxylic acid groups (broad SMARTS) is 1. The first-order valence-electron chi connectivity index (χ1n) is 10.2. The lowest BCUT2D eigenvalue weighted by Crippen LogP contribution is -2.35. The van der Waals surface area contributed by atoms with Gasteiger partial charge in [0.25, 0.3) is 5.56 Å². The molecule has 1 aromatic carbocycles. The van der Waals surface area contributed by atoms with E-state index >= 15 is 0 Å². The summed E-state index contributed by atoms with van der Waals surface area (Å²) in [7, 11) is 0. The van der Waals surface area contributed by atoms with Crippen LogP contribution in [0.3, 0.4) is 0 Å². The smallest absolute Gasteiger partial charge is 0.320 e. The molecule has 0 bridgehead atoms. The normalized spacial score (nSPS) is 16.7. The average Bonchev–Trinajstić information content (AvgIpc) is 3.41. The van der Waals surface area contributed by atoms with Gasteiger partial charge in [-0.25, -0.2) is 5.10 Å². The lowest BCUT2D eigenvalue weighted by atomic mass is 10.1. The van der Waals surface area contributed by atoms with E-state index in [1.54, 1.807) is 18.5 Å². The number of aromatic nitrogens is 4. The van der Waals surface area contributed by atoms with E-state index in [0.717, 1.165) is 35.0 Å². The van der Waals surface area contributed by atoms with E-state index in [-0.39, 0.29) is 5.56 Å². The maximum Gasteiger partial charge on any atom is 0.320 e. The van der Waals surface area contributed by atoms with Crippen LogP contribution >= 0.6 is 0 Å². The number of carboxylic acids is 1. The largest absolute Gasteiger partial charge is 0.480 e. The predicted octanol–water partition coefficient (Wildman–Crippen LogP) is 3.03. The maximum atomic E-state index is 12.5. The Morgan fingerprint density at radius 2 is 2.00 bits per heavy atom. The number of nitrogens with one attached hydrogen (secondary N) is 2. The fourth-order valence-corrected chi connectivity index (χ4v) is 4.22. The summed E-state index contributed by atoms with van der Waals surface area (Å²) in [6.07, 6.45) is 4.95. The van der Waals surface area contributed by atoms with E-state index in [2.05, 4.69) is 20.2 Å². The SMILES string of the molecule is O=C(O)[C@H]1CCCN1Cc1ccc2cc(-c3cc(-c4ccncc4)n[nH]c3=O)[nH]c2c1. The molecule has 1 saturated heterocycles. The van der Waals surface area contributed by atoms with Crippen LogP contribution in [0.15, 0.2) is 59.7 Å². The van der Waals surface area contributed by atoms with E-state index in [0.29, 0.717) is 29.9 Å². The van der Waals surface area contributed by atoms with Crippen molar-refractivity contribution >= 4 is 16.9 Å². The fourth-order valence-electron chi connectivity index (χ4n) is 4.22. The summed E-state index contributed by atoms with van der Waals surface area (Å²) >= 11 is 0. The third-order valence-corrected chi connectivity index (χ3v) is 5.79. The van der Waals surface area contributed by atoms with Gasteiger partial charge in [0.1, 0.15) is 6.04 Å². The summed E-state index contributed by atoms with van der Waals surface area (Å²) in [4.78, 5) is 33.3. The van der Waals surface area contributed by atoms with Crippen LogP contribution in [-0.2, 0) is 11.3 Å². The topological polar surface area (TPSA) is 115 Å². The fraction of sp³-hybridized carbons (Fsp3) is 0.217. The van der Waals surface area contributed by atoms with Crippen LogP contribution in [0.25, 0.3) is 33.4 Å². The van der Waals surface area contributed by atoms with Crippen molar-refractivity contribution in [1.29, 1.82) is 0 Å². The quantitative estimate of drug-likeness (QED) is 0.462. The molecule has 5 rings (SSSR count). The second-order valence-electron chi connectivity index (χ2n) is 7.80. The number of aromatic amines is 2. The average molecular weight is 415 g/mol. The Bertz CT molecular complexity index is 1310. The molecule has 0 saturated carbocycles. The molecular formula is C23H21N5O3. The number of benzene rings is 1. The zero-order valence-electron chi connectivity index (χ0n) is 16.7. The van der Waals surface area contributed by atoms with Crippen molar-refractivity contribution in [2.75, 3.05) is 6.54 Å². The van der Waals surface area contributed by atoms with Gasteiger partial charge >= 0.3 is 5.97 Å². The maximum absolute atomic E-state index is 12.5. The van der Waals surface area contributed by atoms with Crippen LogP contribution in [-0.4, -0.2) is 48.7 Å². The first-order chi connectivity index (χ1) is 15.1. The number of fused-ring (bicyclic) bond motifs is 1. The van der Waals surface area contributed by atoms with Crippen LogP contribution in [0, 0.1) is 0 Å². The highest BCUT2D eigenvalue weighted by molar-refractivity contribution is 5.86. The number of aliphatic carboxylic acids is 1. The third-order valence-electron chi connectivity index (χ3n) is 5.79. The lowest BCUT2D eigenvalue weighted by molar-refractivity contribution is -0.142. The van der Waals surface area contributed by atoms with Gasteiger partial charge < -0.3 is 10.1 Å². The van der Waals surface area contributed by atoms with Gasteiger partial charge in [-0.3, -0.25) is 19.5 Å². The minimum atomic E-state index is -0.761. The molecular weight excluding hydrogens is 394 g/mol. The highest BCUT2D eigenvalue weighted by Crippen LogP contribution is 2.27. The van der Waals surface area contributed by atoms with Crippen molar-refractivity contribution in [3.63, 3.8) is 0 Å². The van der Waals surface area contributed by atoms with Crippen molar-refractivity contribution in [1.82, 2.24) is 25.1 Å². The van der Waals surface area contributed by atoms with Crippen LogP contribution in [0.5, 0.6) is 0 Å². The first kappa shape index (κ1) is 19.2. The van der Waals surface area contributed by atoms with E-state index < -0.39 is 12.0 Å². The van der Waals surface area contributed by atoms with Crippen molar-refractivity contribution in [2.24, 2.45) is 0 Å². The Morgan fingerprint density at radius 3 is 2.81 bits per heavy atom. The molecule has 0 unspecified atom stereocenters. The molecule has 0 spiro atoms. The van der Waals surface area contributed by atoms with Gasteiger partial charge in [-0.15, -0.1) is 0 Å². The molecule has 8 heteroatoms. The number of H-pyrrole nitrogens is 2. The number of hydrogen-bond acceptors (Lipinski definition) is 5. The molecule has 0 radical (unpaired) electrons. The van der Waals surface area contributed by atoms with Crippen LogP contribution in [0.4, 0.5) is 0 Å². The third kappa shape index (κ3) is 3.73. The first-order valence-corrected chi connectivity index (χ1v) is 10.2. The molecule has 4 aromatic rings. The number of hydrogen-bond donors (Lipinski definition) is 3. The standard InChI is InChI=1S/C23H21N5O3/c29-22-17(12-19(26-27-22)15-5-7-24-8-6-15)20-11-16-4-3-14(10-18(16)25-20)13-28-9-1-2-21(28)23(30)31/h3-8,10-12,21,25H,1-2,9,13H2,(H,27,29)(H,30,31)/t21-/m1/s1. The molecule has 8 nitrogen and oxygen atoms in total. The van der Waals surface area contributed by atoms with Gasteiger partial charge in [0.15, 0.2) is 0 Å². The zero-order chi connectivity index (χ0) is 21.4. The molecule has 1 fully saturated rings. The van der Waals surface area contributed by atoms with Gasteiger partial charge in [-0.1, -0.05) is 12.1 Å². The van der Waals surface area contributed by atoms with E-state index in [1.807, 2.05) is 41.3 Å².